The number of carbonyl (C=O) groups excluding carboxylic acids is 1. The molecule has 2 nitrogen and oxygen atoms in total. The molecule has 1 rings (SSSR count). The molecule has 0 bridgehead atoms. The first kappa shape index (κ1) is 12.1. The molecule has 12 heavy (non-hydrogen) atoms. The minimum Gasteiger partial charge on any atom is -0.550 e. The number of carboxylic acids is 1. The Balaban J connectivity index is 0.00000121. The second-order valence-electron chi connectivity index (χ2n) is 3.36. The van der Waals surface area contributed by atoms with E-state index in [9.17, 15) is 9.90 Å². The summed E-state index contributed by atoms with van der Waals surface area (Å²) in [6.45, 7) is 0. The number of carbonyl (C=O) groups is 1. The quantitative estimate of drug-likeness (QED) is 0.422. The van der Waals surface area contributed by atoms with Crippen LogP contribution in [0.2, 0.25) is 0 Å². The van der Waals surface area contributed by atoms with Crippen LogP contribution in [-0.4, -0.2) is 5.97 Å². The van der Waals surface area contributed by atoms with E-state index < -0.39 is 5.97 Å². The van der Waals surface area contributed by atoms with Crippen LogP contribution in [0.1, 0.15) is 44.9 Å². The van der Waals surface area contributed by atoms with Crippen LogP contribution in [0.5, 0.6) is 0 Å². The molecule has 0 heterocycles. The van der Waals surface area contributed by atoms with E-state index in [2.05, 4.69) is 0 Å². The van der Waals surface area contributed by atoms with Crippen molar-refractivity contribution in [3.63, 3.8) is 0 Å². The van der Waals surface area contributed by atoms with Crippen LogP contribution in [0, 0.1) is 5.92 Å². The van der Waals surface area contributed by atoms with Crippen LogP contribution < -0.4 is 24.0 Å². The largest absolute Gasteiger partial charge is 1.00 e. The standard InChI is InChI=1S/C9H16O2.Li/c10-9(11)8-6-4-2-1-3-5-7-8;/h8H,1-7H2,(H,10,11);/q;+1/p-1. The molecule has 0 saturated heterocycles. The van der Waals surface area contributed by atoms with Crippen molar-refractivity contribution in [1.29, 1.82) is 0 Å². The minimum absolute atomic E-state index is 0. The van der Waals surface area contributed by atoms with Gasteiger partial charge in [0, 0.05) is 5.97 Å². The maximum absolute atomic E-state index is 10.5. The Kier molecular flexibility index (Phi) is 6.61. The third kappa shape index (κ3) is 4.18. The summed E-state index contributed by atoms with van der Waals surface area (Å²) in [5.41, 5.74) is 0. The van der Waals surface area contributed by atoms with Gasteiger partial charge in [0.15, 0.2) is 0 Å². The molecule has 0 aromatic carbocycles. The number of carboxylic acid groups (broad SMARTS) is 1. The van der Waals surface area contributed by atoms with E-state index in [-0.39, 0.29) is 24.8 Å². The third-order valence-electron chi connectivity index (χ3n) is 2.44. The summed E-state index contributed by atoms with van der Waals surface area (Å²) >= 11 is 0. The molecule has 0 radical (unpaired) electrons. The van der Waals surface area contributed by atoms with Crippen LogP contribution in [0.4, 0.5) is 0 Å². The summed E-state index contributed by atoms with van der Waals surface area (Å²) in [6, 6.07) is 0. The first-order valence-corrected chi connectivity index (χ1v) is 4.51. The van der Waals surface area contributed by atoms with Gasteiger partial charge in [-0.2, -0.15) is 0 Å². The van der Waals surface area contributed by atoms with Gasteiger partial charge in [0.2, 0.25) is 0 Å². The fourth-order valence-electron chi connectivity index (χ4n) is 1.69. The van der Waals surface area contributed by atoms with Gasteiger partial charge in [-0.3, -0.25) is 0 Å². The van der Waals surface area contributed by atoms with Crippen molar-refractivity contribution in [2.24, 2.45) is 5.92 Å². The summed E-state index contributed by atoms with van der Waals surface area (Å²) < 4.78 is 0. The van der Waals surface area contributed by atoms with Gasteiger partial charge in [-0.25, -0.2) is 0 Å². The van der Waals surface area contributed by atoms with E-state index in [1.807, 2.05) is 0 Å². The predicted octanol–water partition coefficient (Wildman–Crippen LogP) is -1.90. The summed E-state index contributed by atoms with van der Waals surface area (Å²) in [4.78, 5) is 10.5. The molecular weight excluding hydrogens is 147 g/mol. The first-order valence-electron chi connectivity index (χ1n) is 4.51. The zero-order valence-electron chi connectivity index (χ0n) is 7.84. The molecule has 0 spiro atoms. The molecule has 0 aliphatic heterocycles. The topological polar surface area (TPSA) is 40.1 Å². The Labute approximate surface area is 85.9 Å². The molecule has 0 aromatic rings. The Morgan fingerprint density at radius 3 is 1.83 bits per heavy atom. The van der Waals surface area contributed by atoms with Crippen molar-refractivity contribution in [3.8, 4) is 0 Å². The van der Waals surface area contributed by atoms with E-state index in [4.69, 9.17) is 0 Å². The maximum Gasteiger partial charge on any atom is 1.00 e. The number of hydrogen-bond donors (Lipinski definition) is 0. The molecule has 1 fully saturated rings. The molecule has 0 atom stereocenters. The third-order valence-corrected chi connectivity index (χ3v) is 2.44. The van der Waals surface area contributed by atoms with Crippen molar-refractivity contribution in [3.05, 3.63) is 0 Å². The fraction of sp³-hybridized carbons (Fsp3) is 0.889. The smallest absolute Gasteiger partial charge is 0.550 e. The van der Waals surface area contributed by atoms with Crippen LogP contribution >= 0.6 is 0 Å². The molecule has 1 aliphatic rings. The van der Waals surface area contributed by atoms with Crippen molar-refractivity contribution in [2.75, 3.05) is 0 Å². The van der Waals surface area contributed by atoms with Crippen LogP contribution in [0.15, 0.2) is 0 Å². The van der Waals surface area contributed by atoms with Crippen molar-refractivity contribution in [2.45, 2.75) is 44.9 Å². The van der Waals surface area contributed by atoms with Crippen molar-refractivity contribution in [1.82, 2.24) is 0 Å². The summed E-state index contributed by atoms with van der Waals surface area (Å²) in [7, 11) is 0. The zero-order chi connectivity index (χ0) is 8.10. The van der Waals surface area contributed by atoms with Crippen molar-refractivity contribution >= 4 is 5.97 Å². The average Bonchev–Trinajstić information content (AvgIpc) is 1.84. The van der Waals surface area contributed by atoms with Gasteiger partial charge < -0.3 is 9.90 Å². The number of aliphatic carboxylic acids is 1. The zero-order valence-corrected chi connectivity index (χ0v) is 7.84. The molecule has 1 aliphatic carbocycles. The van der Waals surface area contributed by atoms with Gasteiger partial charge >= 0.3 is 18.9 Å². The van der Waals surface area contributed by atoms with Gasteiger partial charge in [0.05, 0.1) is 0 Å². The summed E-state index contributed by atoms with van der Waals surface area (Å²) in [5.74, 6) is -0.998. The molecule has 0 amide bonds. The van der Waals surface area contributed by atoms with Gasteiger partial charge in [-0.15, -0.1) is 0 Å². The Morgan fingerprint density at radius 2 is 1.42 bits per heavy atom. The second kappa shape index (κ2) is 6.57. The predicted molar refractivity (Wildman–Crippen MR) is 40.8 cm³/mol. The molecule has 0 aromatic heterocycles. The van der Waals surface area contributed by atoms with Crippen molar-refractivity contribution < 1.29 is 28.8 Å². The first-order chi connectivity index (χ1) is 5.30. The van der Waals surface area contributed by atoms with E-state index in [1.54, 1.807) is 0 Å². The molecule has 1 saturated carbocycles. The van der Waals surface area contributed by atoms with Crippen LogP contribution in [-0.2, 0) is 4.79 Å². The fourth-order valence-corrected chi connectivity index (χ4v) is 1.69. The molecular formula is C9H15LiO2. The minimum atomic E-state index is -0.841. The molecule has 0 unspecified atom stereocenters. The van der Waals surface area contributed by atoms with Crippen LogP contribution in [0.3, 0.4) is 0 Å². The molecule has 3 heteroatoms. The Morgan fingerprint density at radius 1 is 1.00 bits per heavy atom. The van der Waals surface area contributed by atoms with Gasteiger partial charge in [-0.05, 0) is 18.8 Å². The van der Waals surface area contributed by atoms with E-state index in [1.165, 1.54) is 19.3 Å². The van der Waals surface area contributed by atoms with Gasteiger partial charge in [0.25, 0.3) is 0 Å². The van der Waals surface area contributed by atoms with E-state index >= 15 is 0 Å². The SMILES string of the molecule is O=C([O-])C1CCCCCCC1.[Li+]. The summed E-state index contributed by atoms with van der Waals surface area (Å²) in [6.07, 6.45) is 7.48. The van der Waals surface area contributed by atoms with Crippen LogP contribution in [0.25, 0.3) is 0 Å². The van der Waals surface area contributed by atoms with Gasteiger partial charge in [-0.1, -0.05) is 32.1 Å². The Hall–Kier alpha value is 0.0674. The normalized spacial score (nSPS) is 20.3. The van der Waals surface area contributed by atoms with Gasteiger partial charge in [0.1, 0.15) is 0 Å². The second-order valence-corrected chi connectivity index (χ2v) is 3.36. The maximum atomic E-state index is 10.5. The molecule has 0 N–H and O–H groups in total. The number of hydrogen-bond acceptors (Lipinski definition) is 2. The Bertz CT molecular complexity index is 128. The number of rotatable bonds is 1. The van der Waals surface area contributed by atoms with E-state index in [0.29, 0.717) is 0 Å². The summed E-state index contributed by atoms with van der Waals surface area (Å²) in [5, 5.41) is 10.5. The monoisotopic (exact) mass is 162 g/mol. The molecule has 64 valence electrons. The average molecular weight is 162 g/mol. The van der Waals surface area contributed by atoms with E-state index in [0.717, 1.165) is 25.7 Å².